The molecule has 2 N–H and O–H groups in total. The van der Waals surface area contributed by atoms with Crippen molar-refractivity contribution in [3.63, 3.8) is 0 Å². The van der Waals surface area contributed by atoms with Gasteiger partial charge in [0.15, 0.2) is 6.61 Å². The van der Waals surface area contributed by atoms with Gasteiger partial charge in [0.05, 0.1) is 0 Å². The second kappa shape index (κ2) is 5.18. The molecule has 0 saturated carbocycles. The summed E-state index contributed by atoms with van der Waals surface area (Å²) in [5, 5.41) is 7.06. The molecule has 7 heteroatoms. The first-order chi connectivity index (χ1) is 8.58. The highest BCUT2D eigenvalue weighted by atomic mass is 79.9. The molecule has 0 atom stereocenters. The summed E-state index contributed by atoms with van der Waals surface area (Å²) in [5.74, 6) is 0.383. The molecule has 0 unspecified atom stereocenters. The van der Waals surface area contributed by atoms with Gasteiger partial charge in [-0.25, -0.2) is 4.57 Å². The van der Waals surface area contributed by atoms with Crippen molar-refractivity contribution in [1.82, 2.24) is 14.8 Å². The van der Waals surface area contributed by atoms with Crippen LogP contribution in [0, 0.1) is 6.92 Å². The molecule has 2 aromatic rings. The van der Waals surface area contributed by atoms with Gasteiger partial charge in [-0.15, -0.1) is 10.2 Å². The second-order valence-corrected chi connectivity index (χ2v) is 4.57. The Morgan fingerprint density at radius 1 is 1.56 bits per heavy atom. The number of carbonyl (C=O) groups excluding carboxylic acids is 1. The highest BCUT2D eigenvalue weighted by molar-refractivity contribution is 9.10. The zero-order valence-corrected chi connectivity index (χ0v) is 11.2. The van der Waals surface area contributed by atoms with Crippen LogP contribution in [-0.2, 0) is 0 Å². The highest BCUT2D eigenvalue weighted by Crippen LogP contribution is 2.22. The van der Waals surface area contributed by atoms with Crippen molar-refractivity contribution in [1.29, 1.82) is 0 Å². The molecule has 0 radical (unpaired) electrons. The van der Waals surface area contributed by atoms with E-state index in [1.54, 1.807) is 6.07 Å². The van der Waals surface area contributed by atoms with E-state index in [0.29, 0.717) is 5.75 Å². The van der Waals surface area contributed by atoms with Crippen LogP contribution in [0.5, 0.6) is 5.75 Å². The molecule has 0 aliphatic rings. The Bertz CT molecular complexity index is 582. The van der Waals surface area contributed by atoms with Crippen molar-refractivity contribution in [2.75, 3.05) is 12.3 Å². The van der Waals surface area contributed by atoms with Gasteiger partial charge >= 0.3 is 0 Å². The number of nitrogens with zero attached hydrogens (tertiary/aromatic N) is 3. The molecular formula is C11H11BrN4O2. The number of anilines is 1. The molecule has 2 rings (SSSR count). The van der Waals surface area contributed by atoms with Gasteiger partial charge in [-0.2, -0.15) is 0 Å². The van der Waals surface area contributed by atoms with Gasteiger partial charge in [0.2, 0.25) is 5.95 Å². The third-order valence-electron chi connectivity index (χ3n) is 2.33. The van der Waals surface area contributed by atoms with Crippen LogP contribution in [0.15, 0.2) is 29.0 Å². The molecule has 0 aliphatic heterocycles. The van der Waals surface area contributed by atoms with E-state index in [9.17, 15) is 4.79 Å². The quantitative estimate of drug-likeness (QED) is 0.932. The fourth-order valence-corrected chi connectivity index (χ4v) is 1.90. The third kappa shape index (κ3) is 2.67. The van der Waals surface area contributed by atoms with Crippen LogP contribution in [0.25, 0.3) is 0 Å². The van der Waals surface area contributed by atoms with Gasteiger partial charge in [0.1, 0.15) is 12.1 Å². The largest absolute Gasteiger partial charge is 0.483 e. The second-order valence-electron chi connectivity index (χ2n) is 3.65. The van der Waals surface area contributed by atoms with E-state index >= 15 is 0 Å². The van der Waals surface area contributed by atoms with E-state index < -0.39 is 0 Å². The maximum Gasteiger partial charge on any atom is 0.272 e. The normalized spacial score (nSPS) is 10.3. The predicted molar refractivity (Wildman–Crippen MR) is 69.4 cm³/mol. The number of rotatable bonds is 3. The van der Waals surface area contributed by atoms with Crippen LogP contribution in [0.1, 0.15) is 10.4 Å². The Labute approximate surface area is 112 Å². The van der Waals surface area contributed by atoms with E-state index in [4.69, 9.17) is 10.5 Å². The minimum absolute atomic E-state index is 0.0520. The van der Waals surface area contributed by atoms with E-state index in [1.807, 2.05) is 19.1 Å². The molecule has 0 fully saturated rings. The SMILES string of the molecule is Cc1cc(Br)ccc1OCC(=O)n1cnnc1N. The molecule has 94 valence electrons. The lowest BCUT2D eigenvalue weighted by Crippen LogP contribution is -2.20. The Balaban J connectivity index is 2.04. The van der Waals surface area contributed by atoms with Gasteiger partial charge in [0.25, 0.3) is 5.91 Å². The average Bonchev–Trinajstić information content (AvgIpc) is 2.74. The fourth-order valence-electron chi connectivity index (χ4n) is 1.42. The van der Waals surface area contributed by atoms with Crippen molar-refractivity contribution >= 4 is 27.8 Å². The first-order valence-electron chi connectivity index (χ1n) is 5.15. The topological polar surface area (TPSA) is 83.0 Å². The number of hydrogen-bond acceptors (Lipinski definition) is 5. The van der Waals surface area contributed by atoms with Gasteiger partial charge in [0, 0.05) is 4.47 Å². The van der Waals surface area contributed by atoms with Crippen LogP contribution in [-0.4, -0.2) is 27.3 Å². The van der Waals surface area contributed by atoms with Crippen LogP contribution in [0.3, 0.4) is 0 Å². The standard InChI is InChI=1S/C11H11BrN4O2/c1-7-4-8(12)2-3-9(7)18-5-10(17)16-6-14-15-11(16)13/h2-4,6H,5H2,1H3,(H2,13,15). The highest BCUT2D eigenvalue weighted by Gasteiger charge is 2.10. The number of carbonyl (C=O) groups is 1. The van der Waals surface area contributed by atoms with Gasteiger partial charge in [-0.1, -0.05) is 15.9 Å². The number of nitrogen functional groups attached to an aromatic ring is 1. The summed E-state index contributed by atoms with van der Waals surface area (Å²) in [7, 11) is 0. The average molecular weight is 311 g/mol. The zero-order valence-electron chi connectivity index (χ0n) is 9.63. The van der Waals surface area contributed by atoms with Crippen molar-refractivity contribution in [3.05, 3.63) is 34.6 Å². The van der Waals surface area contributed by atoms with Crippen molar-refractivity contribution < 1.29 is 9.53 Å². The van der Waals surface area contributed by atoms with Gasteiger partial charge in [-0.3, -0.25) is 4.79 Å². The summed E-state index contributed by atoms with van der Waals surface area (Å²) in [6.45, 7) is 1.78. The monoisotopic (exact) mass is 310 g/mol. The number of halogens is 1. The molecule has 0 spiro atoms. The van der Waals surface area contributed by atoms with Crippen LogP contribution < -0.4 is 10.5 Å². The molecule has 1 aromatic heterocycles. The molecule has 0 saturated heterocycles. The summed E-state index contributed by atoms with van der Waals surface area (Å²) >= 11 is 3.36. The molecule has 1 aromatic carbocycles. The number of benzene rings is 1. The molecular weight excluding hydrogens is 300 g/mol. The summed E-state index contributed by atoms with van der Waals surface area (Å²) in [4.78, 5) is 11.7. The van der Waals surface area contributed by atoms with E-state index in [0.717, 1.165) is 14.6 Å². The van der Waals surface area contributed by atoms with Crippen LogP contribution in [0.2, 0.25) is 0 Å². The molecule has 6 nitrogen and oxygen atoms in total. The smallest absolute Gasteiger partial charge is 0.272 e. The molecule has 0 aliphatic carbocycles. The number of hydrogen-bond donors (Lipinski definition) is 1. The Morgan fingerprint density at radius 3 is 2.94 bits per heavy atom. The molecule has 0 bridgehead atoms. The van der Waals surface area contributed by atoms with Crippen LogP contribution >= 0.6 is 15.9 Å². The van der Waals surface area contributed by atoms with Gasteiger partial charge in [-0.05, 0) is 30.7 Å². The van der Waals surface area contributed by atoms with Crippen LogP contribution in [0.4, 0.5) is 5.95 Å². The maximum absolute atomic E-state index is 11.7. The minimum atomic E-state index is -0.320. The number of ether oxygens (including phenoxy) is 1. The lowest BCUT2D eigenvalue weighted by Gasteiger charge is -2.09. The minimum Gasteiger partial charge on any atom is -0.483 e. The lowest BCUT2D eigenvalue weighted by molar-refractivity contribution is 0.0839. The van der Waals surface area contributed by atoms with Gasteiger partial charge < -0.3 is 10.5 Å². The van der Waals surface area contributed by atoms with E-state index in [2.05, 4.69) is 26.1 Å². The number of aryl methyl sites for hydroxylation is 1. The summed E-state index contributed by atoms with van der Waals surface area (Å²) in [5.41, 5.74) is 6.41. The van der Waals surface area contributed by atoms with E-state index in [1.165, 1.54) is 6.33 Å². The first kappa shape index (κ1) is 12.6. The Kier molecular flexibility index (Phi) is 3.61. The summed E-state index contributed by atoms with van der Waals surface area (Å²) in [6, 6.07) is 5.55. The van der Waals surface area contributed by atoms with Crippen molar-refractivity contribution in [3.8, 4) is 5.75 Å². The third-order valence-corrected chi connectivity index (χ3v) is 2.82. The van der Waals surface area contributed by atoms with Crippen molar-refractivity contribution in [2.24, 2.45) is 0 Å². The maximum atomic E-state index is 11.7. The summed E-state index contributed by atoms with van der Waals surface area (Å²) in [6.07, 6.45) is 1.26. The molecule has 1 heterocycles. The predicted octanol–water partition coefficient (Wildman–Crippen LogP) is 1.65. The van der Waals surface area contributed by atoms with Crippen molar-refractivity contribution in [2.45, 2.75) is 6.92 Å². The summed E-state index contributed by atoms with van der Waals surface area (Å²) < 4.78 is 7.54. The van der Waals surface area contributed by atoms with E-state index in [-0.39, 0.29) is 18.5 Å². The molecule has 0 amide bonds. The Morgan fingerprint density at radius 2 is 2.33 bits per heavy atom. The molecule has 18 heavy (non-hydrogen) atoms. The Hall–Kier alpha value is -1.89. The number of nitrogens with two attached hydrogens (primary N) is 1. The fraction of sp³-hybridized carbons (Fsp3) is 0.182. The zero-order chi connectivity index (χ0) is 13.1. The first-order valence-corrected chi connectivity index (χ1v) is 5.95. The lowest BCUT2D eigenvalue weighted by atomic mass is 10.2. The number of aromatic nitrogens is 3.